The maximum Gasteiger partial charge on any atom is 0.232 e. The van der Waals surface area contributed by atoms with Crippen molar-refractivity contribution in [3.63, 3.8) is 0 Å². The van der Waals surface area contributed by atoms with E-state index < -0.39 is 6.10 Å². The molecule has 2 aliphatic rings. The molecule has 1 aromatic heterocycles. The van der Waals surface area contributed by atoms with E-state index in [0.29, 0.717) is 19.6 Å². The molecule has 2 fully saturated rings. The van der Waals surface area contributed by atoms with E-state index in [4.69, 9.17) is 9.63 Å². The standard InChI is InChI=1S/C16H25N3O4/c1-11-14(12(2)23-17-11)7-19-10-16(15(19)22)4-3-5-18(9-16)6-13(21)8-20/h13,20-21H,3-10H2,1-2H3/t13-,16+/m0/s1. The monoisotopic (exact) mass is 323 g/mol. The smallest absolute Gasteiger partial charge is 0.232 e. The van der Waals surface area contributed by atoms with E-state index in [1.165, 1.54) is 0 Å². The lowest BCUT2D eigenvalue weighted by molar-refractivity contribution is -0.168. The van der Waals surface area contributed by atoms with Gasteiger partial charge in [-0.2, -0.15) is 0 Å². The fraction of sp³-hybridized carbons (Fsp3) is 0.750. The lowest BCUT2D eigenvalue weighted by Crippen LogP contribution is -2.66. The van der Waals surface area contributed by atoms with E-state index in [9.17, 15) is 9.90 Å². The molecule has 0 radical (unpaired) electrons. The van der Waals surface area contributed by atoms with Crippen molar-refractivity contribution in [3.05, 3.63) is 17.0 Å². The third-order valence-electron chi connectivity index (χ3n) is 5.10. The highest BCUT2D eigenvalue weighted by atomic mass is 16.5. The van der Waals surface area contributed by atoms with Gasteiger partial charge < -0.3 is 19.6 Å². The molecular formula is C16H25N3O4. The van der Waals surface area contributed by atoms with Crippen LogP contribution in [0.25, 0.3) is 0 Å². The second-order valence-electron chi connectivity index (χ2n) is 6.92. The summed E-state index contributed by atoms with van der Waals surface area (Å²) in [5.74, 6) is 0.952. The Hall–Kier alpha value is -1.44. The quantitative estimate of drug-likeness (QED) is 0.745. The van der Waals surface area contributed by atoms with Gasteiger partial charge in [-0.15, -0.1) is 0 Å². The number of aromatic nitrogens is 1. The molecule has 2 N–H and O–H groups in total. The molecular weight excluding hydrogens is 298 g/mol. The first-order valence-corrected chi connectivity index (χ1v) is 8.17. The normalized spacial score (nSPS) is 26.6. The maximum absolute atomic E-state index is 12.7. The van der Waals surface area contributed by atoms with Crippen LogP contribution in [0.15, 0.2) is 4.52 Å². The molecule has 128 valence electrons. The number of β-amino-alcohol motifs (C(OH)–C–C–N with tert-alkyl or cyclic N) is 1. The van der Waals surface area contributed by atoms with Crippen molar-refractivity contribution in [2.75, 3.05) is 32.8 Å². The number of carbonyl (C=O) groups is 1. The Bertz CT molecular complexity index is 568. The zero-order valence-electron chi connectivity index (χ0n) is 13.8. The zero-order chi connectivity index (χ0) is 16.6. The minimum atomic E-state index is -0.737. The SMILES string of the molecule is Cc1noc(C)c1CN1C[C@]2(CCCN(C[C@H](O)CO)C2)C1=O. The highest BCUT2D eigenvalue weighted by Gasteiger charge is 2.53. The number of nitrogens with zero attached hydrogens (tertiary/aromatic N) is 3. The minimum absolute atomic E-state index is 0.181. The number of hydrogen-bond acceptors (Lipinski definition) is 6. The summed E-state index contributed by atoms with van der Waals surface area (Å²) in [5.41, 5.74) is 1.52. The highest BCUT2D eigenvalue weighted by Crippen LogP contribution is 2.41. The van der Waals surface area contributed by atoms with Gasteiger partial charge in [0, 0.05) is 25.2 Å². The Labute approximate surface area is 135 Å². The van der Waals surface area contributed by atoms with Crippen LogP contribution in [0.3, 0.4) is 0 Å². The van der Waals surface area contributed by atoms with Crippen molar-refractivity contribution in [1.29, 1.82) is 0 Å². The predicted octanol–water partition coefficient (Wildman–Crippen LogP) is 0.0690. The lowest BCUT2D eigenvalue weighted by atomic mass is 9.72. The zero-order valence-corrected chi connectivity index (χ0v) is 13.8. The van der Waals surface area contributed by atoms with Gasteiger partial charge in [-0.05, 0) is 33.2 Å². The molecule has 0 aliphatic carbocycles. The number of aliphatic hydroxyl groups excluding tert-OH is 2. The highest BCUT2D eigenvalue weighted by molar-refractivity contribution is 5.89. The lowest BCUT2D eigenvalue weighted by Gasteiger charge is -2.53. The molecule has 1 spiro atoms. The third kappa shape index (κ3) is 3.00. The molecule has 3 heterocycles. The van der Waals surface area contributed by atoms with Gasteiger partial charge in [0.2, 0.25) is 5.91 Å². The molecule has 7 nitrogen and oxygen atoms in total. The number of carbonyl (C=O) groups excluding carboxylic acids is 1. The molecule has 2 aliphatic heterocycles. The van der Waals surface area contributed by atoms with Crippen molar-refractivity contribution in [1.82, 2.24) is 15.0 Å². The van der Waals surface area contributed by atoms with Crippen LogP contribution in [0.4, 0.5) is 0 Å². The van der Waals surface area contributed by atoms with Crippen LogP contribution in [0.5, 0.6) is 0 Å². The second-order valence-corrected chi connectivity index (χ2v) is 6.92. The van der Waals surface area contributed by atoms with Gasteiger partial charge in [0.1, 0.15) is 5.76 Å². The van der Waals surface area contributed by atoms with Gasteiger partial charge >= 0.3 is 0 Å². The molecule has 23 heavy (non-hydrogen) atoms. The molecule has 0 unspecified atom stereocenters. The Balaban J connectivity index is 1.61. The minimum Gasteiger partial charge on any atom is -0.394 e. The van der Waals surface area contributed by atoms with Gasteiger partial charge in [0.25, 0.3) is 0 Å². The van der Waals surface area contributed by atoms with Crippen molar-refractivity contribution in [2.24, 2.45) is 5.41 Å². The first kappa shape index (κ1) is 16.4. The molecule has 3 rings (SSSR count). The van der Waals surface area contributed by atoms with Gasteiger partial charge in [0.15, 0.2) is 0 Å². The molecule has 1 amide bonds. The Morgan fingerprint density at radius 2 is 2.17 bits per heavy atom. The molecule has 2 saturated heterocycles. The summed E-state index contributed by atoms with van der Waals surface area (Å²) in [6.45, 7) is 6.78. The van der Waals surface area contributed by atoms with Gasteiger partial charge in [-0.25, -0.2) is 0 Å². The van der Waals surface area contributed by atoms with Crippen LogP contribution in [-0.2, 0) is 11.3 Å². The number of aliphatic hydroxyl groups is 2. The summed E-state index contributed by atoms with van der Waals surface area (Å²) in [6.07, 6.45) is 1.11. The van der Waals surface area contributed by atoms with Crippen LogP contribution in [0.2, 0.25) is 0 Å². The van der Waals surface area contributed by atoms with Crippen molar-refractivity contribution in [3.8, 4) is 0 Å². The largest absolute Gasteiger partial charge is 0.394 e. The number of aryl methyl sites for hydroxylation is 2. The number of hydrogen-bond donors (Lipinski definition) is 2. The van der Waals surface area contributed by atoms with E-state index in [0.717, 1.165) is 42.9 Å². The Morgan fingerprint density at radius 3 is 2.78 bits per heavy atom. The van der Waals surface area contributed by atoms with E-state index in [2.05, 4.69) is 10.1 Å². The maximum atomic E-state index is 12.7. The second kappa shape index (κ2) is 6.22. The fourth-order valence-corrected chi connectivity index (χ4v) is 3.84. The summed E-state index contributed by atoms with van der Waals surface area (Å²) < 4.78 is 5.16. The number of amides is 1. The third-order valence-corrected chi connectivity index (χ3v) is 5.10. The van der Waals surface area contributed by atoms with Gasteiger partial charge in [-0.1, -0.05) is 5.16 Å². The number of piperidine rings is 1. The summed E-state index contributed by atoms with van der Waals surface area (Å²) in [4.78, 5) is 16.7. The Kier molecular flexibility index (Phi) is 4.44. The Morgan fingerprint density at radius 1 is 1.39 bits per heavy atom. The van der Waals surface area contributed by atoms with Crippen LogP contribution < -0.4 is 0 Å². The molecule has 0 bridgehead atoms. The van der Waals surface area contributed by atoms with Crippen molar-refractivity contribution in [2.45, 2.75) is 39.3 Å². The molecule has 0 saturated carbocycles. The van der Waals surface area contributed by atoms with Crippen LogP contribution in [0, 0.1) is 19.3 Å². The van der Waals surface area contributed by atoms with Crippen molar-refractivity contribution < 1.29 is 19.5 Å². The average Bonchev–Trinajstić information content (AvgIpc) is 2.86. The van der Waals surface area contributed by atoms with E-state index in [1.807, 2.05) is 18.7 Å². The van der Waals surface area contributed by atoms with Crippen LogP contribution in [-0.4, -0.2) is 70.0 Å². The summed E-state index contributed by atoms with van der Waals surface area (Å²) in [6, 6.07) is 0. The van der Waals surface area contributed by atoms with E-state index in [1.54, 1.807) is 0 Å². The number of likely N-dealkylation sites (tertiary alicyclic amines) is 2. The van der Waals surface area contributed by atoms with Crippen LogP contribution in [0.1, 0.15) is 29.9 Å². The average molecular weight is 323 g/mol. The van der Waals surface area contributed by atoms with Crippen molar-refractivity contribution >= 4 is 5.91 Å². The fourth-order valence-electron chi connectivity index (χ4n) is 3.84. The predicted molar refractivity (Wildman–Crippen MR) is 82.6 cm³/mol. The molecule has 2 atom stereocenters. The number of rotatable bonds is 5. The molecule has 0 aromatic carbocycles. The molecule has 1 aromatic rings. The topological polar surface area (TPSA) is 90.0 Å². The number of β-lactam (4-membered cyclic amide) rings is 1. The first-order valence-electron chi connectivity index (χ1n) is 8.17. The van der Waals surface area contributed by atoms with Gasteiger partial charge in [0.05, 0.1) is 30.4 Å². The van der Waals surface area contributed by atoms with E-state index >= 15 is 0 Å². The summed E-state index contributed by atoms with van der Waals surface area (Å²) in [7, 11) is 0. The summed E-state index contributed by atoms with van der Waals surface area (Å²) >= 11 is 0. The van der Waals surface area contributed by atoms with Gasteiger partial charge in [-0.3, -0.25) is 9.69 Å². The molecule has 7 heteroatoms. The van der Waals surface area contributed by atoms with E-state index in [-0.39, 0.29) is 17.9 Å². The first-order chi connectivity index (χ1) is 10.9. The summed E-state index contributed by atoms with van der Waals surface area (Å²) in [5, 5.41) is 22.5. The van der Waals surface area contributed by atoms with Crippen LogP contribution >= 0.6 is 0 Å².